The molecule has 0 aromatic carbocycles. The standard InChI is InChI=1S/C9H13NOS/c1-4-11-9-5-7(2)8(12-3)6-10-9/h5-6H,4H2,1-3H3. The molecule has 12 heavy (non-hydrogen) atoms. The fourth-order valence-corrected chi connectivity index (χ4v) is 1.50. The van der Waals surface area contributed by atoms with Gasteiger partial charge in [-0.3, -0.25) is 0 Å². The Morgan fingerprint density at radius 3 is 2.83 bits per heavy atom. The van der Waals surface area contributed by atoms with Crippen molar-refractivity contribution in [1.29, 1.82) is 0 Å². The lowest BCUT2D eigenvalue weighted by Crippen LogP contribution is -1.94. The predicted molar refractivity (Wildman–Crippen MR) is 51.9 cm³/mol. The smallest absolute Gasteiger partial charge is 0.213 e. The first-order valence-corrected chi connectivity index (χ1v) is 5.13. The molecular weight excluding hydrogens is 170 g/mol. The molecule has 1 heterocycles. The topological polar surface area (TPSA) is 22.1 Å². The van der Waals surface area contributed by atoms with Crippen LogP contribution in [0.5, 0.6) is 5.88 Å². The van der Waals surface area contributed by atoms with E-state index in [2.05, 4.69) is 11.9 Å². The first kappa shape index (κ1) is 9.39. The van der Waals surface area contributed by atoms with Crippen molar-refractivity contribution < 1.29 is 4.74 Å². The highest BCUT2D eigenvalue weighted by Gasteiger charge is 1.99. The van der Waals surface area contributed by atoms with Crippen LogP contribution in [-0.2, 0) is 0 Å². The zero-order valence-corrected chi connectivity index (χ0v) is 8.44. The summed E-state index contributed by atoms with van der Waals surface area (Å²) in [5, 5.41) is 0. The van der Waals surface area contributed by atoms with Crippen LogP contribution in [0, 0.1) is 6.92 Å². The highest BCUT2D eigenvalue weighted by atomic mass is 32.2. The van der Waals surface area contributed by atoms with Gasteiger partial charge in [0.1, 0.15) is 0 Å². The molecule has 1 aromatic heterocycles. The number of nitrogens with zero attached hydrogens (tertiary/aromatic N) is 1. The first-order chi connectivity index (χ1) is 5.77. The van der Waals surface area contributed by atoms with Crippen molar-refractivity contribution in [3.63, 3.8) is 0 Å². The quantitative estimate of drug-likeness (QED) is 0.672. The van der Waals surface area contributed by atoms with Gasteiger partial charge in [0.15, 0.2) is 0 Å². The summed E-state index contributed by atoms with van der Waals surface area (Å²) in [6, 6.07) is 1.97. The Hall–Kier alpha value is -0.700. The van der Waals surface area contributed by atoms with Gasteiger partial charge in [-0.25, -0.2) is 4.98 Å². The summed E-state index contributed by atoms with van der Waals surface area (Å²) < 4.78 is 5.27. The summed E-state index contributed by atoms with van der Waals surface area (Å²) in [6.07, 6.45) is 3.90. The summed E-state index contributed by atoms with van der Waals surface area (Å²) in [5.41, 5.74) is 1.22. The monoisotopic (exact) mass is 183 g/mol. The Kier molecular flexibility index (Phi) is 3.41. The van der Waals surface area contributed by atoms with Gasteiger partial charge in [-0.15, -0.1) is 11.8 Å². The van der Waals surface area contributed by atoms with Crippen molar-refractivity contribution in [2.24, 2.45) is 0 Å². The largest absolute Gasteiger partial charge is 0.478 e. The number of rotatable bonds is 3. The predicted octanol–water partition coefficient (Wildman–Crippen LogP) is 2.51. The van der Waals surface area contributed by atoms with E-state index in [-0.39, 0.29) is 0 Å². The second kappa shape index (κ2) is 4.36. The van der Waals surface area contributed by atoms with Crippen molar-refractivity contribution >= 4 is 11.8 Å². The number of aromatic nitrogens is 1. The zero-order chi connectivity index (χ0) is 8.97. The first-order valence-electron chi connectivity index (χ1n) is 3.91. The molecule has 3 heteroatoms. The van der Waals surface area contributed by atoms with Crippen LogP contribution in [0.15, 0.2) is 17.2 Å². The van der Waals surface area contributed by atoms with Crippen LogP contribution in [0.4, 0.5) is 0 Å². The molecule has 0 fully saturated rings. The molecule has 2 nitrogen and oxygen atoms in total. The Bertz CT molecular complexity index is 263. The second-order valence-electron chi connectivity index (χ2n) is 2.43. The number of hydrogen-bond acceptors (Lipinski definition) is 3. The van der Waals surface area contributed by atoms with Gasteiger partial charge < -0.3 is 4.74 Å². The van der Waals surface area contributed by atoms with Crippen molar-refractivity contribution in [3.8, 4) is 5.88 Å². The molecule has 0 amide bonds. The molecule has 0 N–H and O–H groups in total. The van der Waals surface area contributed by atoms with E-state index in [0.29, 0.717) is 12.5 Å². The van der Waals surface area contributed by atoms with E-state index in [0.717, 1.165) is 0 Å². The summed E-state index contributed by atoms with van der Waals surface area (Å²) in [4.78, 5) is 5.36. The lowest BCUT2D eigenvalue weighted by atomic mass is 10.3. The molecule has 0 aliphatic rings. The molecule has 0 bridgehead atoms. The summed E-state index contributed by atoms with van der Waals surface area (Å²) in [7, 11) is 0. The van der Waals surface area contributed by atoms with Crippen LogP contribution in [0.3, 0.4) is 0 Å². The zero-order valence-electron chi connectivity index (χ0n) is 7.63. The molecule has 0 aliphatic heterocycles. The molecule has 1 rings (SSSR count). The maximum Gasteiger partial charge on any atom is 0.213 e. The average Bonchev–Trinajstić information content (AvgIpc) is 2.05. The van der Waals surface area contributed by atoms with Gasteiger partial charge in [-0.05, 0) is 25.7 Å². The second-order valence-corrected chi connectivity index (χ2v) is 3.27. The average molecular weight is 183 g/mol. The Morgan fingerprint density at radius 1 is 1.58 bits per heavy atom. The molecule has 0 unspecified atom stereocenters. The third-order valence-corrected chi connectivity index (χ3v) is 2.42. The van der Waals surface area contributed by atoms with Gasteiger partial charge in [0.2, 0.25) is 5.88 Å². The number of ether oxygens (including phenoxy) is 1. The minimum absolute atomic E-state index is 0.672. The maximum absolute atomic E-state index is 5.27. The number of thioether (sulfide) groups is 1. The van der Waals surface area contributed by atoms with Crippen LogP contribution in [0.25, 0.3) is 0 Å². The molecule has 0 spiro atoms. The molecular formula is C9H13NOS. The number of pyridine rings is 1. The van der Waals surface area contributed by atoms with Crippen LogP contribution >= 0.6 is 11.8 Å². The molecule has 66 valence electrons. The van der Waals surface area contributed by atoms with E-state index < -0.39 is 0 Å². The van der Waals surface area contributed by atoms with Gasteiger partial charge in [0.25, 0.3) is 0 Å². The lowest BCUT2D eigenvalue weighted by Gasteiger charge is -2.05. The van der Waals surface area contributed by atoms with E-state index in [9.17, 15) is 0 Å². The molecule has 0 saturated heterocycles. The van der Waals surface area contributed by atoms with Gasteiger partial charge in [0, 0.05) is 17.2 Å². The van der Waals surface area contributed by atoms with Crippen molar-refractivity contribution in [3.05, 3.63) is 17.8 Å². The highest BCUT2D eigenvalue weighted by Crippen LogP contribution is 2.21. The minimum Gasteiger partial charge on any atom is -0.478 e. The summed E-state index contributed by atoms with van der Waals surface area (Å²) in [5.74, 6) is 0.716. The minimum atomic E-state index is 0.672. The molecule has 0 radical (unpaired) electrons. The molecule has 0 aliphatic carbocycles. The molecule has 0 saturated carbocycles. The highest BCUT2D eigenvalue weighted by molar-refractivity contribution is 7.98. The van der Waals surface area contributed by atoms with Gasteiger partial charge in [-0.1, -0.05) is 0 Å². The van der Waals surface area contributed by atoms with E-state index in [1.165, 1.54) is 10.5 Å². The van der Waals surface area contributed by atoms with E-state index >= 15 is 0 Å². The summed E-state index contributed by atoms with van der Waals surface area (Å²) in [6.45, 7) is 4.70. The van der Waals surface area contributed by atoms with Crippen LogP contribution < -0.4 is 4.74 Å². The van der Waals surface area contributed by atoms with Gasteiger partial charge >= 0.3 is 0 Å². The third kappa shape index (κ3) is 2.14. The Morgan fingerprint density at radius 2 is 2.33 bits per heavy atom. The van der Waals surface area contributed by atoms with Gasteiger partial charge in [0.05, 0.1) is 6.61 Å². The fourth-order valence-electron chi connectivity index (χ4n) is 0.958. The molecule has 0 atom stereocenters. The van der Waals surface area contributed by atoms with Crippen molar-refractivity contribution in [2.75, 3.05) is 12.9 Å². The van der Waals surface area contributed by atoms with Crippen LogP contribution in [-0.4, -0.2) is 17.8 Å². The fraction of sp³-hybridized carbons (Fsp3) is 0.444. The van der Waals surface area contributed by atoms with Crippen LogP contribution in [0.2, 0.25) is 0 Å². The van der Waals surface area contributed by atoms with E-state index in [1.807, 2.05) is 25.4 Å². The number of hydrogen-bond donors (Lipinski definition) is 0. The third-order valence-electron chi connectivity index (χ3n) is 1.55. The summed E-state index contributed by atoms with van der Waals surface area (Å²) >= 11 is 1.70. The maximum atomic E-state index is 5.27. The Balaban J connectivity index is 2.86. The van der Waals surface area contributed by atoms with Crippen LogP contribution in [0.1, 0.15) is 12.5 Å². The van der Waals surface area contributed by atoms with Gasteiger partial charge in [-0.2, -0.15) is 0 Å². The van der Waals surface area contributed by atoms with E-state index in [1.54, 1.807) is 11.8 Å². The Labute approximate surface area is 77.3 Å². The molecule has 1 aromatic rings. The van der Waals surface area contributed by atoms with E-state index in [4.69, 9.17) is 4.74 Å². The van der Waals surface area contributed by atoms with Crippen molar-refractivity contribution in [1.82, 2.24) is 4.98 Å². The van der Waals surface area contributed by atoms with Crippen molar-refractivity contribution in [2.45, 2.75) is 18.7 Å². The number of aryl methyl sites for hydroxylation is 1. The lowest BCUT2D eigenvalue weighted by molar-refractivity contribution is 0.326. The normalized spacial score (nSPS) is 9.92. The SMILES string of the molecule is CCOc1cc(C)c(SC)cn1.